The van der Waals surface area contributed by atoms with Crippen LogP contribution in [0.4, 0.5) is 4.79 Å². The molecule has 1 saturated heterocycles. The number of amides is 3. The lowest BCUT2D eigenvalue weighted by atomic mass is 10.2. The van der Waals surface area contributed by atoms with Gasteiger partial charge in [0.15, 0.2) is 11.5 Å². The van der Waals surface area contributed by atoms with E-state index >= 15 is 0 Å². The molecule has 3 amide bonds. The van der Waals surface area contributed by atoms with E-state index in [1.807, 2.05) is 0 Å². The number of phenolic OH excluding ortho intramolecular Hbond substituents is 1. The third-order valence-corrected chi connectivity index (χ3v) is 3.00. The largest absolute Gasteiger partial charge is 0.503 e. The van der Waals surface area contributed by atoms with Crippen molar-refractivity contribution in [2.24, 2.45) is 5.10 Å². The zero-order chi connectivity index (χ0) is 14.0. The maximum absolute atomic E-state index is 11.3. The molecule has 19 heavy (non-hydrogen) atoms. The Balaban J connectivity index is 2.22. The second-order valence-corrected chi connectivity index (χ2v) is 4.56. The SMILES string of the molecule is COc1cc(/C=N/N2CC(=O)NC2=O)cc(Br)c1O. The molecule has 7 nitrogen and oxygen atoms in total. The topological polar surface area (TPSA) is 91.2 Å². The molecule has 0 saturated carbocycles. The smallest absolute Gasteiger partial charge is 0.344 e. The van der Waals surface area contributed by atoms with Crippen molar-refractivity contribution in [2.45, 2.75) is 0 Å². The number of aromatic hydroxyl groups is 1. The molecule has 1 aromatic carbocycles. The second-order valence-electron chi connectivity index (χ2n) is 3.71. The lowest BCUT2D eigenvalue weighted by Crippen LogP contribution is -2.24. The van der Waals surface area contributed by atoms with Crippen LogP contribution in [0.5, 0.6) is 11.5 Å². The molecule has 1 fully saturated rings. The van der Waals surface area contributed by atoms with Gasteiger partial charge in [-0.3, -0.25) is 10.1 Å². The first-order valence-electron chi connectivity index (χ1n) is 5.23. The van der Waals surface area contributed by atoms with Gasteiger partial charge in [-0.05, 0) is 33.6 Å². The number of methoxy groups -OCH3 is 1. The molecule has 8 heteroatoms. The molecular weight excluding hydrogens is 318 g/mol. The summed E-state index contributed by atoms with van der Waals surface area (Å²) < 4.78 is 5.43. The van der Waals surface area contributed by atoms with Crippen molar-refractivity contribution >= 4 is 34.1 Å². The fourth-order valence-electron chi connectivity index (χ4n) is 1.48. The van der Waals surface area contributed by atoms with Gasteiger partial charge in [-0.25, -0.2) is 9.80 Å². The van der Waals surface area contributed by atoms with Crippen LogP contribution in [0.2, 0.25) is 0 Å². The van der Waals surface area contributed by atoms with Gasteiger partial charge in [-0.15, -0.1) is 0 Å². The van der Waals surface area contributed by atoms with Crippen LogP contribution in [0.1, 0.15) is 5.56 Å². The van der Waals surface area contributed by atoms with Crippen molar-refractivity contribution in [3.05, 3.63) is 22.2 Å². The van der Waals surface area contributed by atoms with Crippen LogP contribution in [0.3, 0.4) is 0 Å². The minimum absolute atomic E-state index is 0.0197. The number of hydrogen-bond acceptors (Lipinski definition) is 5. The molecule has 0 spiro atoms. The maximum Gasteiger partial charge on any atom is 0.344 e. The average Bonchev–Trinajstić information content (AvgIpc) is 2.69. The van der Waals surface area contributed by atoms with Crippen LogP contribution < -0.4 is 10.1 Å². The molecule has 2 N–H and O–H groups in total. The molecule has 0 aromatic heterocycles. The summed E-state index contributed by atoms with van der Waals surface area (Å²) in [5, 5.41) is 16.6. The number of halogens is 1. The van der Waals surface area contributed by atoms with Crippen molar-refractivity contribution < 1.29 is 19.4 Å². The molecule has 0 bridgehead atoms. The van der Waals surface area contributed by atoms with Crippen molar-refractivity contribution in [1.82, 2.24) is 10.3 Å². The zero-order valence-corrected chi connectivity index (χ0v) is 11.5. The van der Waals surface area contributed by atoms with Gasteiger partial charge in [0, 0.05) is 0 Å². The van der Waals surface area contributed by atoms with Gasteiger partial charge in [-0.1, -0.05) is 0 Å². The molecule has 2 rings (SSSR count). The van der Waals surface area contributed by atoms with Crippen molar-refractivity contribution in [3.8, 4) is 11.5 Å². The first-order chi connectivity index (χ1) is 9.01. The summed E-state index contributed by atoms with van der Waals surface area (Å²) in [6, 6.07) is 2.60. The van der Waals surface area contributed by atoms with Crippen molar-refractivity contribution in [1.29, 1.82) is 0 Å². The molecule has 1 aromatic rings. The predicted molar refractivity (Wildman–Crippen MR) is 70.2 cm³/mol. The van der Waals surface area contributed by atoms with Gasteiger partial charge in [-0.2, -0.15) is 5.10 Å². The highest BCUT2D eigenvalue weighted by Crippen LogP contribution is 2.34. The average molecular weight is 328 g/mol. The number of hydrazone groups is 1. The van der Waals surface area contributed by atoms with E-state index in [9.17, 15) is 14.7 Å². The summed E-state index contributed by atoms with van der Waals surface area (Å²) in [6.07, 6.45) is 1.39. The fraction of sp³-hybridized carbons (Fsp3) is 0.182. The van der Waals surface area contributed by atoms with E-state index < -0.39 is 11.9 Å². The fourth-order valence-corrected chi connectivity index (χ4v) is 1.94. The number of nitrogens with zero attached hydrogens (tertiary/aromatic N) is 2. The van der Waals surface area contributed by atoms with Crippen LogP contribution in [-0.2, 0) is 4.79 Å². The number of imide groups is 1. The van der Waals surface area contributed by atoms with Crippen LogP contribution in [0.25, 0.3) is 0 Å². The predicted octanol–water partition coefficient (Wildman–Crippen LogP) is 1.05. The minimum atomic E-state index is -0.564. The van der Waals surface area contributed by atoms with Gasteiger partial charge in [0.2, 0.25) is 5.91 Å². The minimum Gasteiger partial charge on any atom is -0.503 e. The van der Waals surface area contributed by atoms with E-state index in [0.717, 1.165) is 5.01 Å². The Kier molecular flexibility index (Phi) is 3.70. The number of carbonyl (C=O) groups excluding carboxylic acids is 2. The zero-order valence-electron chi connectivity index (χ0n) is 9.88. The van der Waals surface area contributed by atoms with Crippen molar-refractivity contribution in [2.75, 3.05) is 13.7 Å². The van der Waals surface area contributed by atoms with E-state index in [1.54, 1.807) is 12.1 Å². The molecule has 1 heterocycles. The van der Waals surface area contributed by atoms with Crippen LogP contribution in [0, 0.1) is 0 Å². The number of benzene rings is 1. The highest BCUT2D eigenvalue weighted by atomic mass is 79.9. The first-order valence-corrected chi connectivity index (χ1v) is 6.02. The second kappa shape index (κ2) is 5.27. The summed E-state index contributed by atoms with van der Waals surface area (Å²) >= 11 is 3.17. The maximum atomic E-state index is 11.3. The normalized spacial score (nSPS) is 15.2. The highest BCUT2D eigenvalue weighted by molar-refractivity contribution is 9.10. The third kappa shape index (κ3) is 2.84. The summed E-state index contributed by atoms with van der Waals surface area (Å²) in [7, 11) is 1.43. The standard InChI is InChI=1S/C11H10BrN3O4/c1-19-8-3-6(2-7(12)10(8)17)4-13-15-5-9(16)14-11(15)18/h2-4,17H,5H2,1H3,(H,14,16,18)/b13-4+. The van der Waals surface area contributed by atoms with Crippen molar-refractivity contribution in [3.63, 3.8) is 0 Å². The van der Waals surface area contributed by atoms with E-state index in [1.165, 1.54) is 13.3 Å². The lowest BCUT2D eigenvalue weighted by Gasteiger charge is -2.07. The van der Waals surface area contributed by atoms with Crippen LogP contribution in [-0.4, -0.2) is 41.9 Å². The Morgan fingerprint density at radius 1 is 1.53 bits per heavy atom. The Bertz CT molecular complexity index is 573. The molecule has 0 unspecified atom stereocenters. The Morgan fingerprint density at radius 2 is 2.26 bits per heavy atom. The van der Waals surface area contributed by atoms with Gasteiger partial charge < -0.3 is 9.84 Å². The molecule has 1 aliphatic heterocycles. The summed E-state index contributed by atoms with van der Waals surface area (Å²) in [5.74, 6) is -0.141. The molecule has 0 aliphatic carbocycles. The summed E-state index contributed by atoms with van der Waals surface area (Å²) in [6.45, 7) is -0.105. The molecule has 100 valence electrons. The Hall–Kier alpha value is -2.09. The van der Waals surface area contributed by atoms with E-state index in [-0.39, 0.29) is 18.0 Å². The highest BCUT2D eigenvalue weighted by Gasteiger charge is 2.25. The third-order valence-electron chi connectivity index (χ3n) is 2.39. The number of hydrogen-bond donors (Lipinski definition) is 2. The number of ether oxygens (including phenoxy) is 1. The quantitative estimate of drug-likeness (QED) is 0.641. The van der Waals surface area contributed by atoms with Gasteiger partial charge in [0.25, 0.3) is 0 Å². The molecule has 1 aliphatic rings. The molecule has 0 radical (unpaired) electrons. The van der Waals surface area contributed by atoms with Crippen LogP contribution in [0.15, 0.2) is 21.7 Å². The Morgan fingerprint density at radius 3 is 2.84 bits per heavy atom. The number of urea groups is 1. The number of phenols is 1. The Labute approximate surface area is 117 Å². The molecular formula is C11H10BrN3O4. The van der Waals surface area contributed by atoms with Crippen LogP contribution >= 0.6 is 15.9 Å². The summed E-state index contributed by atoms with van der Waals surface area (Å²) in [4.78, 5) is 22.2. The van der Waals surface area contributed by atoms with Gasteiger partial charge in [0.05, 0.1) is 17.8 Å². The monoisotopic (exact) mass is 327 g/mol. The van der Waals surface area contributed by atoms with Gasteiger partial charge in [0.1, 0.15) is 6.54 Å². The number of carbonyl (C=O) groups is 2. The lowest BCUT2D eigenvalue weighted by molar-refractivity contribution is -0.118. The number of nitrogens with one attached hydrogen (secondary N) is 1. The number of rotatable bonds is 3. The van der Waals surface area contributed by atoms with E-state index in [0.29, 0.717) is 10.0 Å². The first kappa shape index (κ1) is 13.3. The summed E-state index contributed by atoms with van der Waals surface area (Å²) in [5.41, 5.74) is 0.605. The molecule has 0 atom stereocenters. The van der Waals surface area contributed by atoms with E-state index in [2.05, 4.69) is 26.3 Å². The van der Waals surface area contributed by atoms with Gasteiger partial charge >= 0.3 is 6.03 Å². The van der Waals surface area contributed by atoms with E-state index in [4.69, 9.17) is 4.74 Å².